The molecule has 0 saturated carbocycles. The van der Waals surface area contributed by atoms with Gasteiger partial charge in [0.05, 0.1) is 0 Å². The maximum absolute atomic E-state index is 13.2. The topological polar surface area (TPSA) is 65.7 Å². The molecule has 106 valence electrons. The Morgan fingerprint density at radius 1 is 1.24 bits per heavy atom. The third-order valence-corrected chi connectivity index (χ3v) is 2.82. The molecule has 0 aliphatic rings. The largest absolute Gasteiger partial charge is 0.424 e. The Morgan fingerprint density at radius 3 is 2.81 bits per heavy atom. The number of aryl methyl sites for hydroxylation is 1. The van der Waals surface area contributed by atoms with E-state index in [4.69, 9.17) is 16.3 Å². The molecule has 0 radical (unpaired) electrons. The standard InChI is InChI=1S/C13H9ClFN5O/c1-8-6-9(2-3-10(8)15)21-13-18-11(14)17-12(19-13)20-5-4-16-7-20/h2-7H,1H3. The lowest BCUT2D eigenvalue weighted by Gasteiger charge is -2.07. The van der Waals surface area contributed by atoms with Gasteiger partial charge < -0.3 is 4.74 Å². The Bertz CT molecular complexity index is 778. The molecule has 2 aromatic heterocycles. The highest BCUT2D eigenvalue weighted by atomic mass is 35.5. The smallest absolute Gasteiger partial charge is 0.328 e. The molecule has 6 nitrogen and oxygen atoms in total. The normalized spacial score (nSPS) is 10.6. The molecule has 0 bridgehead atoms. The van der Waals surface area contributed by atoms with E-state index in [1.54, 1.807) is 30.0 Å². The van der Waals surface area contributed by atoms with Crippen molar-refractivity contribution in [2.75, 3.05) is 0 Å². The van der Waals surface area contributed by atoms with Gasteiger partial charge in [-0.05, 0) is 42.3 Å². The molecular weight excluding hydrogens is 297 g/mol. The van der Waals surface area contributed by atoms with Gasteiger partial charge in [0.15, 0.2) is 0 Å². The molecule has 0 atom stereocenters. The molecule has 3 rings (SSSR count). The molecule has 21 heavy (non-hydrogen) atoms. The van der Waals surface area contributed by atoms with E-state index in [-0.39, 0.29) is 23.1 Å². The highest BCUT2D eigenvalue weighted by Crippen LogP contribution is 2.22. The van der Waals surface area contributed by atoms with E-state index in [2.05, 4.69) is 19.9 Å². The van der Waals surface area contributed by atoms with Crippen molar-refractivity contribution in [2.24, 2.45) is 0 Å². The summed E-state index contributed by atoms with van der Waals surface area (Å²) in [5.41, 5.74) is 0.461. The van der Waals surface area contributed by atoms with Crippen LogP contribution < -0.4 is 4.74 Å². The third kappa shape index (κ3) is 2.97. The van der Waals surface area contributed by atoms with E-state index >= 15 is 0 Å². The zero-order valence-corrected chi connectivity index (χ0v) is 11.6. The van der Waals surface area contributed by atoms with Crippen LogP contribution in [-0.4, -0.2) is 24.5 Å². The van der Waals surface area contributed by atoms with Crippen LogP contribution in [0.1, 0.15) is 5.56 Å². The van der Waals surface area contributed by atoms with Crippen molar-refractivity contribution >= 4 is 11.6 Å². The summed E-state index contributed by atoms with van der Waals surface area (Å²) in [6.45, 7) is 1.64. The van der Waals surface area contributed by atoms with E-state index in [9.17, 15) is 4.39 Å². The lowest BCUT2D eigenvalue weighted by molar-refractivity contribution is 0.436. The van der Waals surface area contributed by atoms with Gasteiger partial charge in [0.2, 0.25) is 11.2 Å². The van der Waals surface area contributed by atoms with Gasteiger partial charge in [-0.15, -0.1) is 0 Å². The number of imidazole rings is 1. The minimum absolute atomic E-state index is 0.0115. The van der Waals surface area contributed by atoms with Gasteiger partial charge in [0, 0.05) is 12.4 Å². The first-order valence-electron chi connectivity index (χ1n) is 5.96. The molecule has 0 fully saturated rings. The number of hydrogen-bond acceptors (Lipinski definition) is 5. The molecule has 0 spiro atoms. The number of hydrogen-bond donors (Lipinski definition) is 0. The highest BCUT2D eigenvalue weighted by Gasteiger charge is 2.09. The van der Waals surface area contributed by atoms with Crippen LogP contribution >= 0.6 is 11.6 Å². The van der Waals surface area contributed by atoms with Crippen LogP contribution in [0, 0.1) is 12.7 Å². The fourth-order valence-corrected chi connectivity index (χ4v) is 1.79. The second-order valence-electron chi connectivity index (χ2n) is 4.17. The molecule has 0 saturated heterocycles. The summed E-state index contributed by atoms with van der Waals surface area (Å²) in [5, 5.41) is -0.0115. The minimum Gasteiger partial charge on any atom is -0.424 e. The predicted octanol–water partition coefficient (Wildman–Crippen LogP) is 2.95. The quantitative estimate of drug-likeness (QED) is 0.744. The van der Waals surface area contributed by atoms with E-state index in [0.717, 1.165) is 0 Å². The predicted molar refractivity (Wildman–Crippen MR) is 73.2 cm³/mol. The summed E-state index contributed by atoms with van der Waals surface area (Å²) in [5.74, 6) is 0.379. The number of rotatable bonds is 3. The first kappa shape index (κ1) is 13.4. The second-order valence-corrected chi connectivity index (χ2v) is 4.51. The lowest BCUT2D eigenvalue weighted by Crippen LogP contribution is -2.03. The SMILES string of the molecule is Cc1cc(Oc2nc(Cl)nc(-n3ccnc3)n2)ccc1F. The molecule has 0 aliphatic carbocycles. The minimum atomic E-state index is -0.310. The fourth-order valence-electron chi connectivity index (χ4n) is 1.65. The molecule has 1 aromatic carbocycles. The average Bonchev–Trinajstić information content (AvgIpc) is 2.96. The van der Waals surface area contributed by atoms with Crippen molar-refractivity contribution in [1.29, 1.82) is 0 Å². The van der Waals surface area contributed by atoms with Crippen molar-refractivity contribution in [1.82, 2.24) is 24.5 Å². The first-order valence-corrected chi connectivity index (χ1v) is 6.33. The van der Waals surface area contributed by atoms with Gasteiger partial charge in [-0.25, -0.2) is 9.37 Å². The summed E-state index contributed by atoms with van der Waals surface area (Å²) in [6.07, 6.45) is 4.77. The van der Waals surface area contributed by atoms with Crippen molar-refractivity contribution in [3.05, 3.63) is 53.6 Å². The maximum Gasteiger partial charge on any atom is 0.328 e. The van der Waals surface area contributed by atoms with Gasteiger partial charge in [0.1, 0.15) is 17.9 Å². The summed E-state index contributed by atoms with van der Waals surface area (Å²) in [6, 6.07) is 4.36. The van der Waals surface area contributed by atoms with Gasteiger partial charge in [0.25, 0.3) is 0 Å². The van der Waals surface area contributed by atoms with Crippen molar-refractivity contribution in [2.45, 2.75) is 6.92 Å². The zero-order valence-electron chi connectivity index (χ0n) is 10.9. The summed E-state index contributed by atoms with van der Waals surface area (Å²) >= 11 is 5.85. The van der Waals surface area contributed by atoms with E-state index in [0.29, 0.717) is 11.3 Å². The average molecular weight is 306 g/mol. The Hall–Kier alpha value is -2.54. The molecule has 8 heteroatoms. The monoisotopic (exact) mass is 305 g/mol. The van der Waals surface area contributed by atoms with Crippen LogP contribution in [-0.2, 0) is 0 Å². The highest BCUT2D eigenvalue weighted by molar-refractivity contribution is 6.28. The van der Waals surface area contributed by atoms with Crippen LogP contribution in [0.5, 0.6) is 11.8 Å². The number of nitrogens with zero attached hydrogens (tertiary/aromatic N) is 5. The summed E-state index contributed by atoms with van der Waals surface area (Å²) < 4.78 is 20.3. The number of ether oxygens (including phenoxy) is 1. The number of halogens is 2. The van der Waals surface area contributed by atoms with Crippen LogP contribution in [0.25, 0.3) is 5.95 Å². The third-order valence-electron chi connectivity index (χ3n) is 2.65. The van der Waals surface area contributed by atoms with Gasteiger partial charge in [-0.3, -0.25) is 4.57 Å². The Kier molecular flexibility index (Phi) is 3.49. The van der Waals surface area contributed by atoms with Crippen LogP contribution in [0.3, 0.4) is 0 Å². The summed E-state index contributed by atoms with van der Waals surface area (Å²) in [7, 11) is 0. The molecular formula is C13H9ClFN5O. The lowest BCUT2D eigenvalue weighted by atomic mass is 10.2. The Morgan fingerprint density at radius 2 is 2.10 bits per heavy atom. The number of aromatic nitrogens is 5. The zero-order chi connectivity index (χ0) is 14.8. The molecule has 0 N–H and O–H groups in total. The Balaban J connectivity index is 1.93. The molecule has 3 aromatic rings. The van der Waals surface area contributed by atoms with Crippen LogP contribution in [0.4, 0.5) is 4.39 Å². The van der Waals surface area contributed by atoms with E-state index in [1.807, 2.05) is 0 Å². The van der Waals surface area contributed by atoms with Gasteiger partial charge in [-0.2, -0.15) is 15.0 Å². The molecule has 0 aliphatic heterocycles. The second kappa shape index (κ2) is 5.45. The van der Waals surface area contributed by atoms with E-state index < -0.39 is 0 Å². The van der Waals surface area contributed by atoms with Gasteiger partial charge >= 0.3 is 6.01 Å². The summed E-state index contributed by atoms with van der Waals surface area (Å²) in [4.78, 5) is 15.9. The maximum atomic E-state index is 13.2. The molecule has 2 heterocycles. The molecule has 0 unspecified atom stereocenters. The number of benzene rings is 1. The van der Waals surface area contributed by atoms with Crippen LogP contribution in [0.15, 0.2) is 36.9 Å². The fraction of sp³-hybridized carbons (Fsp3) is 0.0769. The first-order chi connectivity index (χ1) is 10.1. The molecule has 0 amide bonds. The van der Waals surface area contributed by atoms with Crippen molar-refractivity contribution in [3.63, 3.8) is 0 Å². The van der Waals surface area contributed by atoms with Crippen molar-refractivity contribution in [3.8, 4) is 17.7 Å². The van der Waals surface area contributed by atoms with Gasteiger partial charge in [-0.1, -0.05) is 0 Å². The van der Waals surface area contributed by atoms with Crippen LogP contribution in [0.2, 0.25) is 5.28 Å². The van der Waals surface area contributed by atoms with Crippen molar-refractivity contribution < 1.29 is 9.13 Å². The van der Waals surface area contributed by atoms with E-state index in [1.165, 1.54) is 18.5 Å². The Labute approximate surface area is 124 Å².